The third kappa shape index (κ3) is 4.14. The maximum Gasteiger partial charge on any atom is 0.255 e. The van der Waals surface area contributed by atoms with Gasteiger partial charge in [0.25, 0.3) is 5.91 Å². The van der Waals surface area contributed by atoms with Crippen molar-refractivity contribution in [3.05, 3.63) is 76.9 Å². The summed E-state index contributed by atoms with van der Waals surface area (Å²) in [5, 5.41) is 7.91. The monoisotopic (exact) mass is 376 g/mol. The van der Waals surface area contributed by atoms with Gasteiger partial charge in [0.15, 0.2) is 0 Å². The second kappa shape index (κ2) is 8.38. The Morgan fingerprint density at radius 2 is 1.89 bits per heavy atom. The summed E-state index contributed by atoms with van der Waals surface area (Å²) in [4.78, 5) is 17.3. The van der Waals surface area contributed by atoms with Crippen LogP contribution in [0.4, 0.5) is 0 Å². The van der Waals surface area contributed by atoms with E-state index in [0.717, 1.165) is 28.2 Å². The standard InChI is InChI=1S/C23H28N4O/c1-15(2)21-20(23(28)25-14-18-9-7-11-24-13-18)22(16(3)4)27(26-21)19-10-6-8-17(5)12-19/h6-13,15-16H,14H2,1-5H3,(H,25,28). The molecule has 0 atom stereocenters. The zero-order valence-corrected chi connectivity index (χ0v) is 17.2. The van der Waals surface area contributed by atoms with Crippen molar-refractivity contribution in [1.82, 2.24) is 20.1 Å². The minimum atomic E-state index is -0.0878. The fourth-order valence-corrected chi connectivity index (χ4v) is 3.35. The lowest BCUT2D eigenvalue weighted by molar-refractivity contribution is 0.0948. The molecule has 0 bridgehead atoms. The number of carbonyl (C=O) groups is 1. The van der Waals surface area contributed by atoms with E-state index in [2.05, 4.69) is 57.1 Å². The number of pyridine rings is 1. The Hall–Kier alpha value is -2.95. The highest BCUT2D eigenvalue weighted by atomic mass is 16.1. The molecule has 0 saturated heterocycles. The third-order valence-electron chi connectivity index (χ3n) is 4.69. The predicted octanol–water partition coefficient (Wildman–Crippen LogP) is 4.75. The average molecular weight is 377 g/mol. The van der Waals surface area contributed by atoms with Crippen molar-refractivity contribution in [2.24, 2.45) is 0 Å². The molecule has 0 aliphatic rings. The van der Waals surface area contributed by atoms with Crippen molar-refractivity contribution in [3.8, 4) is 5.69 Å². The van der Waals surface area contributed by atoms with Gasteiger partial charge in [-0.2, -0.15) is 5.10 Å². The highest BCUT2D eigenvalue weighted by Crippen LogP contribution is 2.30. The molecule has 3 aromatic rings. The van der Waals surface area contributed by atoms with E-state index in [9.17, 15) is 4.79 Å². The maximum atomic E-state index is 13.2. The largest absolute Gasteiger partial charge is 0.348 e. The van der Waals surface area contributed by atoms with Crippen molar-refractivity contribution >= 4 is 5.91 Å². The molecule has 2 heterocycles. The summed E-state index contributed by atoms with van der Waals surface area (Å²) in [7, 11) is 0. The molecule has 0 radical (unpaired) electrons. The molecule has 5 nitrogen and oxygen atoms in total. The number of benzene rings is 1. The Bertz CT molecular complexity index is 958. The summed E-state index contributed by atoms with van der Waals surface area (Å²) in [5.41, 5.74) is 5.58. The van der Waals surface area contributed by atoms with E-state index in [4.69, 9.17) is 5.10 Å². The number of rotatable bonds is 6. The Morgan fingerprint density at radius 3 is 2.50 bits per heavy atom. The Labute approximate surface area is 166 Å². The highest BCUT2D eigenvalue weighted by Gasteiger charge is 2.27. The Morgan fingerprint density at radius 1 is 1.11 bits per heavy atom. The molecule has 0 saturated carbocycles. The van der Waals surface area contributed by atoms with Gasteiger partial charge in [-0.3, -0.25) is 9.78 Å². The summed E-state index contributed by atoms with van der Waals surface area (Å²) in [5.74, 6) is 0.206. The van der Waals surface area contributed by atoms with Gasteiger partial charge in [-0.15, -0.1) is 0 Å². The molecule has 2 aromatic heterocycles. The lowest BCUT2D eigenvalue weighted by Gasteiger charge is -2.14. The summed E-state index contributed by atoms with van der Waals surface area (Å²) >= 11 is 0. The Balaban J connectivity index is 2.04. The van der Waals surface area contributed by atoms with Gasteiger partial charge in [-0.25, -0.2) is 4.68 Å². The van der Waals surface area contributed by atoms with Gasteiger partial charge in [-0.05, 0) is 48.1 Å². The fourth-order valence-electron chi connectivity index (χ4n) is 3.35. The van der Waals surface area contributed by atoms with Gasteiger partial charge in [-0.1, -0.05) is 45.9 Å². The average Bonchev–Trinajstić information content (AvgIpc) is 3.08. The van der Waals surface area contributed by atoms with Crippen molar-refractivity contribution in [1.29, 1.82) is 0 Å². The van der Waals surface area contributed by atoms with Crippen LogP contribution < -0.4 is 5.32 Å². The number of hydrogen-bond donors (Lipinski definition) is 1. The second-order valence-corrected chi connectivity index (χ2v) is 7.75. The summed E-state index contributed by atoms with van der Waals surface area (Å²) < 4.78 is 1.94. The van der Waals surface area contributed by atoms with Crippen molar-refractivity contribution in [2.45, 2.75) is 53.0 Å². The van der Waals surface area contributed by atoms with E-state index in [0.29, 0.717) is 12.1 Å². The normalized spacial score (nSPS) is 11.2. The van der Waals surface area contributed by atoms with Crippen molar-refractivity contribution < 1.29 is 4.79 Å². The van der Waals surface area contributed by atoms with Gasteiger partial charge in [0.05, 0.1) is 22.6 Å². The molecule has 0 aliphatic carbocycles. The number of aromatic nitrogens is 3. The van der Waals surface area contributed by atoms with Crippen LogP contribution in [-0.2, 0) is 6.54 Å². The molecule has 146 valence electrons. The van der Waals surface area contributed by atoms with Gasteiger partial charge in [0.2, 0.25) is 0 Å². The van der Waals surface area contributed by atoms with Crippen LogP contribution in [0.25, 0.3) is 5.69 Å². The number of aryl methyl sites for hydroxylation is 1. The van der Waals surface area contributed by atoms with Crippen LogP contribution in [0.2, 0.25) is 0 Å². The minimum Gasteiger partial charge on any atom is -0.348 e. The van der Waals surface area contributed by atoms with E-state index in [1.54, 1.807) is 12.4 Å². The third-order valence-corrected chi connectivity index (χ3v) is 4.69. The van der Waals surface area contributed by atoms with E-state index in [1.165, 1.54) is 0 Å². The first-order chi connectivity index (χ1) is 13.4. The Kier molecular flexibility index (Phi) is 5.93. The number of carbonyl (C=O) groups excluding carboxylic acids is 1. The maximum absolute atomic E-state index is 13.2. The molecule has 0 aliphatic heterocycles. The molecule has 3 rings (SSSR count). The zero-order valence-electron chi connectivity index (χ0n) is 17.2. The van der Waals surface area contributed by atoms with Crippen LogP contribution >= 0.6 is 0 Å². The molecular formula is C23H28N4O. The molecule has 28 heavy (non-hydrogen) atoms. The topological polar surface area (TPSA) is 59.8 Å². The lowest BCUT2D eigenvalue weighted by Crippen LogP contribution is -2.25. The quantitative estimate of drug-likeness (QED) is 0.675. The second-order valence-electron chi connectivity index (χ2n) is 7.75. The van der Waals surface area contributed by atoms with Gasteiger partial charge < -0.3 is 5.32 Å². The first-order valence-electron chi connectivity index (χ1n) is 9.75. The van der Waals surface area contributed by atoms with Crippen LogP contribution in [0.15, 0.2) is 48.8 Å². The zero-order chi connectivity index (χ0) is 20.3. The molecular weight excluding hydrogens is 348 g/mol. The molecule has 0 fully saturated rings. The first-order valence-corrected chi connectivity index (χ1v) is 9.75. The lowest BCUT2D eigenvalue weighted by atomic mass is 9.98. The summed E-state index contributed by atoms with van der Waals surface area (Å²) in [6.45, 7) is 10.9. The van der Waals surface area contributed by atoms with E-state index in [-0.39, 0.29) is 17.7 Å². The number of amides is 1. The van der Waals surface area contributed by atoms with Crippen LogP contribution in [-0.4, -0.2) is 20.7 Å². The summed E-state index contributed by atoms with van der Waals surface area (Å²) in [6, 6.07) is 12.0. The van der Waals surface area contributed by atoms with Crippen LogP contribution in [0, 0.1) is 6.92 Å². The van der Waals surface area contributed by atoms with Crippen LogP contribution in [0.3, 0.4) is 0 Å². The van der Waals surface area contributed by atoms with E-state index >= 15 is 0 Å². The molecule has 5 heteroatoms. The molecule has 1 amide bonds. The molecule has 0 spiro atoms. The van der Waals surface area contributed by atoms with E-state index < -0.39 is 0 Å². The smallest absolute Gasteiger partial charge is 0.255 e. The molecule has 1 N–H and O–H groups in total. The van der Waals surface area contributed by atoms with E-state index in [1.807, 2.05) is 28.9 Å². The highest BCUT2D eigenvalue weighted by molar-refractivity contribution is 5.97. The molecule has 1 aromatic carbocycles. The number of nitrogens with one attached hydrogen (secondary N) is 1. The first kappa shape index (κ1) is 19.8. The number of nitrogens with zero attached hydrogens (tertiary/aromatic N) is 3. The van der Waals surface area contributed by atoms with Gasteiger partial charge in [0, 0.05) is 18.9 Å². The van der Waals surface area contributed by atoms with Gasteiger partial charge in [0.1, 0.15) is 0 Å². The summed E-state index contributed by atoms with van der Waals surface area (Å²) in [6.07, 6.45) is 3.49. The predicted molar refractivity (Wildman–Crippen MR) is 112 cm³/mol. The van der Waals surface area contributed by atoms with Gasteiger partial charge >= 0.3 is 0 Å². The minimum absolute atomic E-state index is 0.0878. The number of hydrogen-bond acceptors (Lipinski definition) is 3. The molecule has 0 unspecified atom stereocenters. The fraction of sp³-hybridized carbons (Fsp3) is 0.348. The van der Waals surface area contributed by atoms with Crippen molar-refractivity contribution in [2.75, 3.05) is 0 Å². The SMILES string of the molecule is Cc1cccc(-n2nc(C(C)C)c(C(=O)NCc3cccnc3)c2C(C)C)c1. The van der Waals surface area contributed by atoms with Crippen LogP contribution in [0.1, 0.15) is 72.4 Å². The van der Waals surface area contributed by atoms with Crippen LogP contribution in [0.5, 0.6) is 0 Å². The van der Waals surface area contributed by atoms with Crippen molar-refractivity contribution in [3.63, 3.8) is 0 Å².